The molecule has 102 valence electrons. The number of carbonyl (C=O) groups excluding carboxylic acids is 1. The number of piperazine rings is 1. The average Bonchev–Trinajstić information content (AvgIpc) is 3.21. The van der Waals surface area contributed by atoms with E-state index in [1.54, 1.807) is 0 Å². The Balaban J connectivity index is 1.71. The standard InChI is InChI=1S/C13H23N3O2/c1-11(12-2-3-12)10-14-13(18)16-6-4-15(5-7-16)8-9-17/h10,12,17H,2-9H2,1H3,(H,14,18)/b11-10+. The molecular formula is C13H23N3O2. The van der Waals surface area contributed by atoms with Crippen LogP contribution in [0.3, 0.4) is 0 Å². The van der Waals surface area contributed by atoms with E-state index in [9.17, 15) is 4.79 Å². The molecule has 1 heterocycles. The lowest BCUT2D eigenvalue weighted by atomic mass is 10.2. The van der Waals surface area contributed by atoms with Gasteiger partial charge in [-0.05, 0) is 25.7 Å². The number of β-amino-alcohol motifs (C(OH)–C–C–N with tert-alkyl or cyclic N) is 1. The number of nitrogens with one attached hydrogen (secondary N) is 1. The Morgan fingerprint density at radius 3 is 2.56 bits per heavy atom. The molecule has 5 nitrogen and oxygen atoms in total. The van der Waals surface area contributed by atoms with Gasteiger partial charge in [0.25, 0.3) is 0 Å². The molecule has 0 aromatic rings. The van der Waals surface area contributed by atoms with E-state index >= 15 is 0 Å². The van der Waals surface area contributed by atoms with Crippen molar-refractivity contribution in [1.29, 1.82) is 0 Å². The molecule has 5 heteroatoms. The molecule has 2 aliphatic rings. The molecule has 2 N–H and O–H groups in total. The molecule has 1 aliphatic heterocycles. The first kappa shape index (κ1) is 13.4. The van der Waals surface area contributed by atoms with Crippen LogP contribution in [0.5, 0.6) is 0 Å². The number of hydrogen-bond acceptors (Lipinski definition) is 3. The lowest BCUT2D eigenvalue weighted by Crippen LogP contribution is -2.51. The lowest BCUT2D eigenvalue weighted by Gasteiger charge is -2.34. The van der Waals surface area contributed by atoms with Gasteiger partial charge in [0.15, 0.2) is 0 Å². The summed E-state index contributed by atoms with van der Waals surface area (Å²) >= 11 is 0. The molecule has 18 heavy (non-hydrogen) atoms. The second-order valence-electron chi connectivity index (χ2n) is 5.16. The molecule has 0 spiro atoms. The number of aliphatic hydroxyl groups excluding tert-OH is 1. The molecule has 2 fully saturated rings. The Bertz CT molecular complexity index is 318. The third kappa shape index (κ3) is 3.71. The molecular weight excluding hydrogens is 230 g/mol. The van der Waals surface area contributed by atoms with Crippen LogP contribution in [-0.2, 0) is 0 Å². The van der Waals surface area contributed by atoms with Crippen LogP contribution >= 0.6 is 0 Å². The zero-order valence-corrected chi connectivity index (χ0v) is 11.1. The quantitative estimate of drug-likeness (QED) is 0.772. The maximum absolute atomic E-state index is 11.9. The van der Waals surface area contributed by atoms with Crippen LogP contribution in [0.15, 0.2) is 11.8 Å². The minimum absolute atomic E-state index is 0.00125. The van der Waals surface area contributed by atoms with Gasteiger partial charge in [-0.15, -0.1) is 0 Å². The van der Waals surface area contributed by atoms with Gasteiger partial charge in [-0.1, -0.05) is 5.57 Å². The fourth-order valence-electron chi connectivity index (χ4n) is 2.24. The summed E-state index contributed by atoms with van der Waals surface area (Å²) in [5, 5.41) is 11.7. The van der Waals surface area contributed by atoms with Gasteiger partial charge in [0.1, 0.15) is 0 Å². The molecule has 0 aromatic heterocycles. The first-order chi connectivity index (χ1) is 8.70. The van der Waals surface area contributed by atoms with Crippen molar-refractivity contribution in [2.24, 2.45) is 5.92 Å². The SMILES string of the molecule is C/C(=C\NC(=O)N1CCN(CCO)CC1)C1CC1. The van der Waals surface area contributed by atoms with Crippen molar-refractivity contribution in [2.45, 2.75) is 19.8 Å². The molecule has 0 atom stereocenters. The van der Waals surface area contributed by atoms with Crippen molar-refractivity contribution in [2.75, 3.05) is 39.3 Å². The van der Waals surface area contributed by atoms with Crippen LogP contribution in [0.2, 0.25) is 0 Å². The summed E-state index contributed by atoms with van der Waals surface area (Å²) in [6, 6.07) is -0.00125. The molecule has 1 saturated carbocycles. The first-order valence-corrected chi connectivity index (χ1v) is 6.76. The highest BCUT2D eigenvalue weighted by Crippen LogP contribution is 2.35. The van der Waals surface area contributed by atoms with Crippen molar-refractivity contribution in [1.82, 2.24) is 15.1 Å². The van der Waals surface area contributed by atoms with Crippen molar-refractivity contribution in [3.8, 4) is 0 Å². The third-order valence-corrected chi connectivity index (χ3v) is 3.72. The lowest BCUT2D eigenvalue weighted by molar-refractivity contribution is 0.123. The molecule has 1 aliphatic carbocycles. The second-order valence-corrected chi connectivity index (χ2v) is 5.16. The number of hydrogen-bond donors (Lipinski definition) is 2. The van der Waals surface area contributed by atoms with Gasteiger partial charge in [-0.25, -0.2) is 4.79 Å². The van der Waals surface area contributed by atoms with E-state index in [0.717, 1.165) is 26.2 Å². The molecule has 2 amide bonds. The topological polar surface area (TPSA) is 55.8 Å². The zero-order valence-electron chi connectivity index (χ0n) is 11.1. The third-order valence-electron chi connectivity index (χ3n) is 3.72. The summed E-state index contributed by atoms with van der Waals surface area (Å²) in [5.41, 5.74) is 1.28. The fourth-order valence-corrected chi connectivity index (χ4v) is 2.24. The van der Waals surface area contributed by atoms with E-state index in [1.165, 1.54) is 18.4 Å². The van der Waals surface area contributed by atoms with Gasteiger partial charge in [0.2, 0.25) is 0 Å². The molecule has 0 radical (unpaired) electrons. The second kappa shape index (κ2) is 6.20. The minimum Gasteiger partial charge on any atom is -0.395 e. The summed E-state index contributed by atoms with van der Waals surface area (Å²) in [6.45, 7) is 6.14. The van der Waals surface area contributed by atoms with Gasteiger partial charge in [0, 0.05) is 38.9 Å². The van der Waals surface area contributed by atoms with E-state index in [-0.39, 0.29) is 12.6 Å². The Morgan fingerprint density at radius 1 is 1.33 bits per heavy atom. The normalized spacial score (nSPS) is 22.1. The maximum Gasteiger partial charge on any atom is 0.321 e. The number of rotatable bonds is 4. The molecule has 2 rings (SSSR count). The Kier molecular flexibility index (Phi) is 4.60. The summed E-state index contributed by atoms with van der Waals surface area (Å²) in [4.78, 5) is 15.9. The van der Waals surface area contributed by atoms with Gasteiger partial charge >= 0.3 is 6.03 Å². The van der Waals surface area contributed by atoms with E-state index in [1.807, 2.05) is 11.1 Å². The zero-order chi connectivity index (χ0) is 13.0. The highest BCUT2D eigenvalue weighted by atomic mass is 16.3. The number of aliphatic hydroxyl groups is 1. The fraction of sp³-hybridized carbons (Fsp3) is 0.769. The van der Waals surface area contributed by atoms with Crippen LogP contribution in [0, 0.1) is 5.92 Å². The Labute approximate surface area is 108 Å². The number of urea groups is 1. The van der Waals surface area contributed by atoms with Crippen LogP contribution in [0.1, 0.15) is 19.8 Å². The van der Waals surface area contributed by atoms with Gasteiger partial charge in [0.05, 0.1) is 6.61 Å². The molecule has 0 unspecified atom stereocenters. The number of carbonyl (C=O) groups is 1. The highest BCUT2D eigenvalue weighted by Gasteiger charge is 2.24. The Hall–Kier alpha value is -1.07. The van der Waals surface area contributed by atoms with Crippen LogP contribution in [0.25, 0.3) is 0 Å². The predicted octanol–water partition coefficient (Wildman–Crippen LogP) is 0.620. The summed E-state index contributed by atoms with van der Waals surface area (Å²) < 4.78 is 0. The van der Waals surface area contributed by atoms with E-state index in [0.29, 0.717) is 12.5 Å². The van der Waals surface area contributed by atoms with Gasteiger partial charge in [-0.3, -0.25) is 4.90 Å². The summed E-state index contributed by atoms with van der Waals surface area (Å²) in [5.74, 6) is 0.701. The van der Waals surface area contributed by atoms with Crippen LogP contribution in [-0.4, -0.2) is 60.3 Å². The minimum atomic E-state index is -0.00125. The molecule has 1 saturated heterocycles. The largest absolute Gasteiger partial charge is 0.395 e. The summed E-state index contributed by atoms with van der Waals surface area (Å²) in [7, 11) is 0. The summed E-state index contributed by atoms with van der Waals surface area (Å²) in [6.07, 6.45) is 4.39. The monoisotopic (exact) mass is 253 g/mol. The van der Waals surface area contributed by atoms with E-state index in [4.69, 9.17) is 5.11 Å². The van der Waals surface area contributed by atoms with Gasteiger partial charge < -0.3 is 15.3 Å². The number of nitrogens with zero attached hydrogens (tertiary/aromatic N) is 2. The predicted molar refractivity (Wildman–Crippen MR) is 70.1 cm³/mol. The van der Waals surface area contributed by atoms with Crippen molar-refractivity contribution >= 4 is 6.03 Å². The first-order valence-electron chi connectivity index (χ1n) is 6.76. The number of allylic oxidation sites excluding steroid dienone is 1. The van der Waals surface area contributed by atoms with E-state index < -0.39 is 0 Å². The highest BCUT2D eigenvalue weighted by molar-refractivity contribution is 5.75. The van der Waals surface area contributed by atoms with Crippen molar-refractivity contribution < 1.29 is 9.90 Å². The average molecular weight is 253 g/mol. The molecule has 0 bridgehead atoms. The number of amides is 2. The Morgan fingerprint density at radius 2 is 2.00 bits per heavy atom. The van der Waals surface area contributed by atoms with E-state index in [2.05, 4.69) is 17.1 Å². The van der Waals surface area contributed by atoms with Crippen molar-refractivity contribution in [3.05, 3.63) is 11.8 Å². The van der Waals surface area contributed by atoms with Crippen LogP contribution < -0.4 is 5.32 Å². The van der Waals surface area contributed by atoms with Gasteiger partial charge in [-0.2, -0.15) is 0 Å². The maximum atomic E-state index is 11.9. The smallest absolute Gasteiger partial charge is 0.321 e. The van der Waals surface area contributed by atoms with Crippen LogP contribution in [0.4, 0.5) is 4.79 Å². The van der Waals surface area contributed by atoms with Crippen molar-refractivity contribution in [3.63, 3.8) is 0 Å². The molecule has 0 aromatic carbocycles.